The first-order valence-electron chi connectivity index (χ1n) is 16.3. The Hall–Kier alpha value is -4.79. The standard InChI is InChI=1S/C36H35F2N5O2.C2H6/c1-21-8-7-9-22(16-21)36(4)14-6-5-13-35(2,3)34-42-31(45-43-34)18-25-24-12-15-39-29(24)19-28(38)32(25)44-23-10-11-27(37)26(17-23)33-40-20-30(36)41-33;1-2/h7-12,15-17,19-20,39H,5-6,13-14,18H2,1-4H3,(H,40,41);1-2H3. The number of nitrogens with one attached hydrogen (secondary N) is 2. The zero-order valence-electron chi connectivity index (χ0n) is 27.8. The van der Waals surface area contributed by atoms with Gasteiger partial charge in [0.15, 0.2) is 17.4 Å². The summed E-state index contributed by atoms with van der Waals surface area (Å²) in [5.41, 5.74) is 3.87. The van der Waals surface area contributed by atoms with Gasteiger partial charge in [-0.05, 0) is 56.5 Å². The van der Waals surface area contributed by atoms with Crippen LogP contribution in [-0.4, -0.2) is 25.1 Å². The largest absolute Gasteiger partial charge is 0.454 e. The monoisotopic (exact) mass is 637 g/mol. The molecule has 47 heavy (non-hydrogen) atoms. The molecule has 7 rings (SSSR count). The molecule has 0 spiro atoms. The van der Waals surface area contributed by atoms with Gasteiger partial charge in [-0.3, -0.25) is 0 Å². The summed E-state index contributed by atoms with van der Waals surface area (Å²) in [5.74, 6) is 0.617. The normalized spacial score (nSPS) is 17.8. The van der Waals surface area contributed by atoms with Gasteiger partial charge in [0.2, 0.25) is 5.89 Å². The van der Waals surface area contributed by atoms with E-state index >= 15 is 8.78 Å². The zero-order chi connectivity index (χ0) is 33.3. The number of aromatic amines is 2. The highest BCUT2D eigenvalue weighted by Crippen LogP contribution is 2.41. The van der Waals surface area contributed by atoms with E-state index in [0.29, 0.717) is 28.6 Å². The number of aromatic nitrogens is 5. The maximum Gasteiger partial charge on any atom is 0.231 e. The predicted molar refractivity (Wildman–Crippen MR) is 180 cm³/mol. The summed E-state index contributed by atoms with van der Waals surface area (Å²) >= 11 is 0. The molecule has 6 aromatic rings. The average Bonchev–Trinajstić information content (AvgIpc) is 3.84. The minimum atomic E-state index is -0.564. The van der Waals surface area contributed by atoms with Gasteiger partial charge >= 0.3 is 0 Å². The molecule has 3 aromatic heterocycles. The molecular formula is C38H41F2N5O2. The van der Waals surface area contributed by atoms with Crippen LogP contribution in [0, 0.1) is 18.6 Å². The summed E-state index contributed by atoms with van der Waals surface area (Å²) in [5, 5.41) is 5.11. The number of hydrogen-bond acceptors (Lipinski definition) is 5. The Kier molecular flexibility index (Phi) is 8.74. The molecule has 7 nitrogen and oxygen atoms in total. The van der Waals surface area contributed by atoms with Crippen LogP contribution in [0.4, 0.5) is 8.78 Å². The number of rotatable bonds is 1. The molecule has 0 amide bonds. The lowest BCUT2D eigenvalue weighted by atomic mass is 9.74. The number of ether oxygens (including phenoxy) is 1. The van der Waals surface area contributed by atoms with Gasteiger partial charge in [-0.2, -0.15) is 4.98 Å². The van der Waals surface area contributed by atoms with Crippen LogP contribution >= 0.6 is 0 Å². The number of halogens is 2. The first kappa shape index (κ1) is 32.2. The van der Waals surface area contributed by atoms with E-state index in [-0.39, 0.29) is 28.9 Å². The number of nitrogens with zero attached hydrogens (tertiary/aromatic N) is 3. The maximum atomic E-state index is 15.7. The van der Waals surface area contributed by atoms with Crippen molar-refractivity contribution in [3.05, 3.63) is 113 Å². The molecule has 1 aliphatic heterocycles. The first-order valence-corrected chi connectivity index (χ1v) is 16.3. The Morgan fingerprint density at radius 1 is 0.915 bits per heavy atom. The van der Waals surface area contributed by atoms with Crippen molar-refractivity contribution in [3.8, 4) is 22.9 Å². The summed E-state index contributed by atoms with van der Waals surface area (Å²) in [7, 11) is 0. The van der Waals surface area contributed by atoms with Crippen LogP contribution in [0.15, 0.2) is 71.5 Å². The number of fused-ring (bicyclic) bond motifs is 10. The van der Waals surface area contributed by atoms with Crippen LogP contribution in [0.3, 0.4) is 0 Å². The van der Waals surface area contributed by atoms with Gasteiger partial charge in [0, 0.05) is 51.5 Å². The van der Waals surface area contributed by atoms with Gasteiger partial charge in [0.05, 0.1) is 12.0 Å². The Balaban J connectivity index is 0.00000190. The molecule has 0 saturated heterocycles. The number of hydrogen-bond donors (Lipinski definition) is 2. The topological polar surface area (TPSA) is 92.6 Å². The highest BCUT2D eigenvalue weighted by molar-refractivity contribution is 5.86. The minimum absolute atomic E-state index is 0.0174. The van der Waals surface area contributed by atoms with Crippen molar-refractivity contribution in [2.45, 2.75) is 84.5 Å². The number of benzene rings is 3. The van der Waals surface area contributed by atoms with Gasteiger partial charge in [-0.25, -0.2) is 13.8 Å². The van der Waals surface area contributed by atoms with Gasteiger partial charge in [0.25, 0.3) is 0 Å². The summed E-state index contributed by atoms with van der Waals surface area (Å²) in [6.07, 6.45) is 7.26. The Bertz CT molecular complexity index is 2020. The lowest BCUT2D eigenvalue weighted by molar-refractivity contribution is 0.349. The van der Waals surface area contributed by atoms with E-state index in [2.05, 4.69) is 72.1 Å². The number of H-pyrrole nitrogens is 2. The van der Waals surface area contributed by atoms with Crippen LogP contribution in [-0.2, 0) is 17.3 Å². The van der Waals surface area contributed by atoms with Gasteiger partial charge < -0.3 is 19.2 Å². The van der Waals surface area contributed by atoms with Gasteiger partial charge in [-0.15, -0.1) is 0 Å². The predicted octanol–water partition coefficient (Wildman–Crippen LogP) is 10.1. The maximum absolute atomic E-state index is 15.7. The average molecular weight is 638 g/mol. The van der Waals surface area contributed by atoms with Crippen molar-refractivity contribution in [1.82, 2.24) is 25.1 Å². The second kappa shape index (κ2) is 12.8. The molecule has 1 unspecified atom stereocenters. The molecule has 4 heterocycles. The molecule has 1 aliphatic rings. The van der Waals surface area contributed by atoms with E-state index < -0.39 is 17.0 Å². The molecule has 0 fully saturated rings. The number of aryl methyl sites for hydroxylation is 1. The smallest absolute Gasteiger partial charge is 0.231 e. The highest BCUT2D eigenvalue weighted by Gasteiger charge is 2.33. The van der Waals surface area contributed by atoms with Crippen LogP contribution in [0.1, 0.15) is 94.4 Å². The summed E-state index contributed by atoms with van der Waals surface area (Å²) in [6.45, 7) is 12.5. The van der Waals surface area contributed by atoms with Crippen molar-refractivity contribution < 1.29 is 18.0 Å². The first-order chi connectivity index (χ1) is 22.6. The van der Waals surface area contributed by atoms with Crippen molar-refractivity contribution in [2.24, 2.45) is 0 Å². The molecule has 6 bridgehead atoms. The Labute approximate surface area is 273 Å². The van der Waals surface area contributed by atoms with Crippen LogP contribution in [0.25, 0.3) is 22.3 Å². The summed E-state index contributed by atoms with van der Waals surface area (Å²) in [4.78, 5) is 15.9. The van der Waals surface area contributed by atoms with E-state index in [4.69, 9.17) is 14.2 Å². The summed E-state index contributed by atoms with van der Waals surface area (Å²) in [6, 6.07) is 16.1. The van der Waals surface area contributed by atoms with E-state index in [1.807, 2.05) is 19.9 Å². The molecule has 3 aromatic carbocycles. The van der Waals surface area contributed by atoms with Gasteiger partial charge in [-0.1, -0.05) is 75.5 Å². The van der Waals surface area contributed by atoms with Crippen molar-refractivity contribution in [3.63, 3.8) is 0 Å². The van der Waals surface area contributed by atoms with Gasteiger partial charge in [0.1, 0.15) is 17.4 Å². The Morgan fingerprint density at radius 3 is 2.53 bits per heavy atom. The quantitative estimate of drug-likeness (QED) is 0.187. The third kappa shape index (κ3) is 6.19. The second-order valence-electron chi connectivity index (χ2n) is 13.0. The van der Waals surface area contributed by atoms with Crippen molar-refractivity contribution >= 4 is 10.9 Å². The van der Waals surface area contributed by atoms with E-state index in [0.717, 1.165) is 42.3 Å². The zero-order valence-corrected chi connectivity index (χ0v) is 27.8. The van der Waals surface area contributed by atoms with Crippen LogP contribution in [0.5, 0.6) is 11.5 Å². The van der Waals surface area contributed by atoms with Crippen LogP contribution < -0.4 is 4.74 Å². The molecule has 9 heteroatoms. The third-order valence-corrected chi connectivity index (χ3v) is 9.23. The summed E-state index contributed by atoms with van der Waals surface area (Å²) < 4.78 is 43.0. The molecule has 244 valence electrons. The lowest BCUT2D eigenvalue weighted by Gasteiger charge is -2.30. The third-order valence-electron chi connectivity index (χ3n) is 9.23. The fraction of sp³-hybridized carbons (Fsp3) is 0.342. The molecule has 1 atom stereocenters. The lowest BCUT2D eigenvalue weighted by Crippen LogP contribution is -2.25. The Morgan fingerprint density at radius 2 is 1.72 bits per heavy atom. The molecule has 0 saturated carbocycles. The molecule has 2 N–H and O–H groups in total. The highest BCUT2D eigenvalue weighted by atomic mass is 19.1. The fourth-order valence-corrected chi connectivity index (χ4v) is 6.45. The van der Waals surface area contributed by atoms with E-state index in [1.54, 1.807) is 18.5 Å². The van der Waals surface area contributed by atoms with Crippen molar-refractivity contribution in [2.75, 3.05) is 0 Å². The SMILES string of the molecule is CC.Cc1cccc(C2(C)CCCCC(C)(C)c3noc(n3)Cc3c(c(F)cc4[nH]ccc34)Oc3ccc(F)c(c3)-c3ncc2[nH]3)c1. The fourth-order valence-electron chi connectivity index (χ4n) is 6.45. The van der Waals surface area contributed by atoms with E-state index in [9.17, 15) is 0 Å². The van der Waals surface area contributed by atoms with Crippen molar-refractivity contribution in [1.29, 1.82) is 0 Å². The van der Waals surface area contributed by atoms with E-state index in [1.165, 1.54) is 23.8 Å². The molecule has 0 radical (unpaired) electrons. The van der Waals surface area contributed by atoms with Crippen LogP contribution in [0.2, 0.25) is 0 Å². The number of imidazole rings is 1. The second-order valence-corrected chi connectivity index (χ2v) is 13.0. The minimum Gasteiger partial charge on any atom is -0.454 e. The molecule has 0 aliphatic carbocycles. The molecular weight excluding hydrogens is 596 g/mol.